The van der Waals surface area contributed by atoms with Crippen LogP contribution in [0.25, 0.3) is 0 Å². The van der Waals surface area contributed by atoms with Gasteiger partial charge in [-0.3, -0.25) is 4.99 Å². The Kier molecular flexibility index (Phi) is 4.90. The van der Waals surface area contributed by atoms with Gasteiger partial charge in [-0.15, -0.1) is 0 Å². The van der Waals surface area contributed by atoms with Crippen molar-refractivity contribution in [3.63, 3.8) is 0 Å². The van der Waals surface area contributed by atoms with Crippen molar-refractivity contribution < 1.29 is 0 Å². The van der Waals surface area contributed by atoms with E-state index in [1.54, 1.807) is 6.20 Å². The third-order valence-corrected chi connectivity index (χ3v) is 3.09. The largest absolute Gasteiger partial charge is 0.398 e. The average molecular weight is 242 g/mol. The molecule has 1 aromatic carbocycles. The van der Waals surface area contributed by atoms with Gasteiger partial charge in [0.1, 0.15) is 0 Å². The van der Waals surface area contributed by atoms with Gasteiger partial charge in [0, 0.05) is 24.0 Å². The zero-order valence-electron chi connectivity index (χ0n) is 11.7. The molecule has 1 aromatic rings. The van der Waals surface area contributed by atoms with E-state index in [1.165, 1.54) is 16.7 Å². The standard InChI is InChI=1S/C16H22N2/c1-6-18-16(13(5)11(2)3)10-14-9-12(4)7-8-15(14)17/h6-9H,1,10,17H2,2-5H3. The number of nitrogen functional groups attached to an aromatic ring is 1. The average Bonchev–Trinajstić information content (AvgIpc) is 2.32. The molecule has 0 spiro atoms. The molecule has 18 heavy (non-hydrogen) atoms. The Morgan fingerprint density at radius 1 is 1.33 bits per heavy atom. The maximum Gasteiger partial charge on any atom is 0.0476 e. The number of anilines is 1. The SMILES string of the molecule is C=CN=C(Cc1cc(C)ccc1N)C(C)=C(C)C. The van der Waals surface area contributed by atoms with Crippen LogP contribution >= 0.6 is 0 Å². The minimum absolute atomic E-state index is 0.747. The van der Waals surface area contributed by atoms with Crippen LogP contribution in [-0.2, 0) is 6.42 Å². The zero-order valence-corrected chi connectivity index (χ0v) is 11.7. The predicted octanol–water partition coefficient (Wildman–Crippen LogP) is 4.06. The maximum absolute atomic E-state index is 6.01. The van der Waals surface area contributed by atoms with E-state index in [4.69, 9.17) is 5.73 Å². The van der Waals surface area contributed by atoms with E-state index in [0.29, 0.717) is 0 Å². The van der Waals surface area contributed by atoms with Crippen LogP contribution in [-0.4, -0.2) is 5.71 Å². The molecule has 0 saturated carbocycles. The molecule has 96 valence electrons. The summed E-state index contributed by atoms with van der Waals surface area (Å²) in [6.45, 7) is 12.0. The number of rotatable bonds is 4. The molecule has 0 aromatic heterocycles. The van der Waals surface area contributed by atoms with Gasteiger partial charge in [-0.1, -0.05) is 29.8 Å². The van der Waals surface area contributed by atoms with Crippen molar-refractivity contribution in [2.24, 2.45) is 4.99 Å². The van der Waals surface area contributed by atoms with Crippen LogP contribution in [0.3, 0.4) is 0 Å². The van der Waals surface area contributed by atoms with Gasteiger partial charge in [-0.2, -0.15) is 0 Å². The van der Waals surface area contributed by atoms with E-state index in [0.717, 1.165) is 23.4 Å². The van der Waals surface area contributed by atoms with E-state index in [9.17, 15) is 0 Å². The lowest BCUT2D eigenvalue weighted by Crippen LogP contribution is -2.08. The molecule has 0 bridgehead atoms. The molecule has 1 rings (SSSR count). The minimum Gasteiger partial charge on any atom is -0.398 e. The van der Waals surface area contributed by atoms with Crippen LogP contribution in [0.5, 0.6) is 0 Å². The number of hydrogen-bond donors (Lipinski definition) is 1. The molecule has 0 aliphatic heterocycles. The molecule has 0 unspecified atom stereocenters. The molecule has 2 heteroatoms. The van der Waals surface area contributed by atoms with Gasteiger partial charge in [0.15, 0.2) is 0 Å². The highest BCUT2D eigenvalue weighted by molar-refractivity contribution is 6.02. The van der Waals surface area contributed by atoms with Crippen LogP contribution in [0.15, 0.2) is 47.1 Å². The van der Waals surface area contributed by atoms with Crippen LogP contribution in [0, 0.1) is 6.92 Å². The summed E-state index contributed by atoms with van der Waals surface area (Å²) in [5, 5.41) is 0. The maximum atomic E-state index is 6.01. The predicted molar refractivity (Wildman–Crippen MR) is 81.0 cm³/mol. The van der Waals surface area contributed by atoms with E-state index in [-0.39, 0.29) is 0 Å². The molecule has 0 atom stereocenters. The van der Waals surface area contributed by atoms with E-state index in [2.05, 4.69) is 45.3 Å². The molecule has 2 nitrogen and oxygen atoms in total. The fourth-order valence-electron chi connectivity index (χ4n) is 1.74. The fourth-order valence-corrected chi connectivity index (χ4v) is 1.74. The molecule has 0 aliphatic rings. The van der Waals surface area contributed by atoms with Crippen LogP contribution in [0.1, 0.15) is 31.9 Å². The molecular formula is C16H22N2. The highest BCUT2D eigenvalue weighted by Gasteiger charge is 2.08. The first-order chi connectivity index (χ1) is 8.45. The summed E-state index contributed by atoms with van der Waals surface area (Å²) >= 11 is 0. The molecule has 0 fully saturated rings. The Labute approximate surface area is 110 Å². The molecule has 0 saturated heterocycles. The third kappa shape index (κ3) is 3.59. The van der Waals surface area contributed by atoms with Gasteiger partial charge >= 0.3 is 0 Å². The number of nitrogens with two attached hydrogens (primary N) is 1. The molecule has 0 heterocycles. The van der Waals surface area contributed by atoms with Crippen LogP contribution in [0.4, 0.5) is 5.69 Å². The summed E-state index contributed by atoms with van der Waals surface area (Å²) in [4.78, 5) is 4.38. The molecule has 0 amide bonds. The van der Waals surface area contributed by atoms with E-state index >= 15 is 0 Å². The summed E-state index contributed by atoms with van der Waals surface area (Å²) in [6.07, 6.45) is 2.34. The Balaban J connectivity index is 3.13. The lowest BCUT2D eigenvalue weighted by molar-refractivity contribution is 1.23. The third-order valence-electron chi connectivity index (χ3n) is 3.09. The second kappa shape index (κ2) is 6.20. The highest BCUT2D eigenvalue weighted by Crippen LogP contribution is 2.18. The highest BCUT2D eigenvalue weighted by atomic mass is 14.7. The Bertz CT molecular complexity index is 504. The van der Waals surface area contributed by atoms with Gasteiger partial charge in [0.25, 0.3) is 0 Å². The summed E-state index contributed by atoms with van der Waals surface area (Å²) in [5.74, 6) is 0. The first-order valence-electron chi connectivity index (χ1n) is 6.12. The number of nitrogens with zero attached hydrogens (tertiary/aromatic N) is 1. The molecule has 0 radical (unpaired) electrons. The van der Waals surface area contributed by atoms with Crippen molar-refractivity contribution in [1.82, 2.24) is 0 Å². The summed E-state index contributed by atoms with van der Waals surface area (Å²) in [5.41, 5.74) is 12.7. The van der Waals surface area contributed by atoms with Gasteiger partial charge in [-0.25, -0.2) is 0 Å². The smallest absolute Gasteiger partial charge is 0.0476 e. The van der Waals surface area contributed by atoms with Gasteiger partial charge in [-0.05, 0) is 44.9 Å². The van der Waals surface area contributed by atoms with Crippen molar-refractivity contribution in [2.75, 3.05) is 5.73 Å². The fraction of sp³-hybridized carbons (Fsp3) is 0.312. The number of aryl methyl sites for hydroxylation is 1. The van der Waals surface area contributed by atoms with Crippen LogP contribution in [0.2, 0.25) is 0 Å². The molecular weight excluding hydrogens is 220 g/mol. The first kappa shape index (κ1) is 14.2. The van der Waals surface area contributed by atoms with Crippen molar-refractivity contribution >= 4 is 11.4 Å². The topological polar surface area (TPSA) is 38.4 Å². The summed E-state index contributed by atoms with van der Waals surface area (Å²) in [7, 11) is 0. The molecule has 2 N–H and O–H groups in total. The van der Waals surface area contributed by atoms with E-state index in [1.807, 2.05) is 12.1 Å². The Hall–Kier alpha value is -1.83. The molecule has 0 aliphatic carbocycles. The lowest BCUT2D eigenvalue weighted by Gasteiger charge is -2.11. The second-order valence-electron chi connectivity index (χ2n) is 4.76. The second-order valence-corrected chi connectivity index (χ2v) is 4.76. The summed E-state index contributed by atoms with van der Waals surface area (Å²) in [6, 6.07) is 6.09. The van der Waals surface area contributed by atoms with Crippen LogP contribution < -0.4 is 5.73 Å². The number of benzene rings is 1. The summed E-state index contributed by atoms with van der Waals surface area (Å²) < 4.78 is 0. The van der Waals surface area contributed by atoms with Gasteiger partial charge in [0.05, 0.1) is 0 Å². The van der Waals surface area contributed by atoms with Crippen molar-refractivity contribution in [3.05, 3.63) is 53.3 Å². The zero-order chi connectivity index (χ0) is 13.7. The normalized spacial score (nSPS) is 11.2. The van der Waals surface area contributed by atoms with Crippen molar-refractivity contribution in [3.8, 4) is 0 Å². The first-order valence-corrected chi connectivity index (χ1v) is 6.12. The monoisotopic (exact) mass is 242 g/mol. The van der Waals surface area contributed by atoms with E-state index < -0.39 is 0 Å². The number of aliphatic imine (C=N–C) groups is 1. The lowest BCUT2D eigenvalue weighted by atomic mass is 9.98. The quantitative estimate of drug-likeness (QED) is 0.627. The Morgan fingerprint density at radius 2 is 2.00 bits per heavy atom. The van der Waals surface area contributed by atoms with Gasteiger partial charge in [0.2, 0.25) is 0 Å². The van der Waals surface area contributed by atoms with Crippen molar-refractivity contribution in [1.29, 1.82) is 0 Å². The number of hydrogen-bond acceptors (Lipinski definition) is 2. The number of allylic oxidation sites excluding steroid dienone is 2. The van der Waals surface area contributed by atoms with Crippen molar-refractivity contribution in [2.45, 2.75) is 34.1 Å². The minimum atomic E-state index is 0.747. The Morgan fingerprint density at radius 3 is 2.56 bits per heavy atom. The van der Waals surface area contributed by atoms with Gasteiger partial charge < -0.3 is 5.73 Å².